The van der Waals surface area contributed by atoms with Gasteiger partial charge in [0.25, 0.3) is 0 Å². The maximum absolute atomic E-state index is 11.2. The summed E-state index contributed by atoms with van der Waals surface area (Å²) >= 11 is 5.87. The predicted molar refractivity (Wildman–Crippen MR) is 70.3 cm³/mol. The van der Waals surface area contributed by atoms with Crippen molar-refractivity contribution in [3.05, 3.63) is 16.9 Å². The van der Waals surface area contributed by atoms with Gasteiger partial charge in [0.1, 0.15) is 0 Å². The van der Waals surface area contributed by atoms with Gasteiger partial charge in [0, 0.05) is 12.0 Å². The molecule has 0 saturated heterocycles. The van der Waals surface area contributed by atoms with Crippen LogP contribution in [0.15, 0.2) is 6.20 Å². The molecule has 2 atom stereocenters. The average Bonchev–Trinajstić information content (AvgIpc) is 2.34. The van der Waals surface area contributed by atoms with E-state index in [0.717, 1.165) is 31.4 Å². The number of nitrogens with two attached hydrogens (primary N) is 1. The summed E-state index contributed by atoms with van der Waals surface area (Å²) in [4.78, 5) is 19.6. The summed E-state index contributed by atoms with van der Waals surface area (Å²) in [5, 5.41) is 3.80. The molecule has 18 heavy (non-hydrogen) atoms. The van der Waals surface area contributed by atoms with Gasteiger partial charge in [0.2, 0.25) is 11.9 Å². The fourth-order valence-electron chi connectivity index (χ4n) is 2.28. The highest BCUT2D eigenvalue weighted by molar-refractivity contribution is 6.31. The zero-order chi connectivity index (χ0) is 13.1. The number of anilines is 1. The van der Waals surface area contributed by atoms with Crippen molar-refractivity contribution in [1.29, 1.82) is 0 Å². The van der Waals surface area contributed by atoms with E-state index in [4.69, 9.17) is 17.3 Å². The maximum atomic E-state index is 11.2. The predicted octanol–water partition coefficient (Wildman–Crippen LogP) is 1.89. The molecule has 1 saturated carbocycles. The Kier molecular flexibility index (Phi) is 4.01. The highest BCUT2D eigenvalue weighted by atomic mass is 35.5. The minimum atomic E-state index is -0.213. The number of nitrogens with zero attached hydrogens (tertiary/aromatic N) is 2. The lowest BCUT2D eigenvalue weighted by atomic mass is 9.85. The number of primary amides is 1. The molecular formula is C12H17ClN4O. The Labute approximate surface area is 111 Å². The van der Waals surface area contributed by atoms with Crippen LogP contribution >= 0.6 is 11.6 Å². The molecule has 6 heteroatoms. The molecule has 0 aromatic carbocycles. The molecule has 0 radical (unpaired) electrons. The molecular weight excluding hydrogens is 252 g/mol. The Morgan fingerprint density at radius 2 is 2.33 bits per heavy atom. The number of hydrogen-bond donors (Lipinski definition) is 2. The van der Waals surface area contributed by atoms with Crippen LogP contribution in [0.2, 0.25) is 5.02 Å². The molecule has 2 rings (SSSR count). The number of rotatable bonds is 3. The summed E-state index contributed by atoms with van der Waals surface area (Å²) in [6, 6.07) is 0.205. The van der Waals surface area contributed by atoms with E-state index in [2.05, 4.69) is 15.3 Å². The highest BCUT2D eigenvalue weighted by Crippen LogP contribution is 2.26. The van der Waals surface area contributed by atoms with E-state index in [0.29, 0.717) is 11.0 Å². The number of carbonyl (C=O) groups is 1. The minimum Gasteiger partial charge on any atom is -0.369 e. The number of carbonyl (C=O) groups excluding carboxylic acids is 1. The van der Waals surface area contributed by atoms with E-state index < -0.39 is 0 Å². The molecule has 1 heterocycles. The van der Waals surface area contributed by atoms with E-state index in [9.17, 15) is 4.79 Å². The van der Waals surface area contributed by atoms with Gasteiger partial charge in [0.05, 0.1) is 16.9 Å². The van der Waals surface area contributed by atoms with Crippen LogP contribution in [0.5, 0.6) is 0 Å². The lowest BCUT2D eigenvalue weighted by molar-refractivity contribution is -0.122. The van der Waals surface area contributed by atoms with E-state index >= 15 is 0 Å². The fourth-order valence-corrected chi connectivity index (χ4v) is 2.37. The van der Waals surface area contributed by atoms with Crippen LogP contribution < -0.4 is 11.1 Å². The monoisotopic (exact) mass is 268 g/mol. The van der Waals surface area contributed by atoms with Crippen LogP contribution in [0, 0.1) is 12.8 Å². The summed E-state index contributed by atoms with van der Waals surface area (Å²) in [5.41, 5.74) is 6.10. The molecule has 98 valence electrons. The first-order chi connectivity index (χ1) is 8.56. The molecule has 1 aromatic heterocycles. The van der Waals surface area contributed by atoms with Crippen LogP contribution in [-0.2, 0) is 4.79 Å². The molecule has 1 amide bonds. The molecule has 1 aliphatic rings. The smallest absolute Gasteiger partial charge is 0.223 e. The van der Waals surface area contributed by atoms with Crippen molar-refractivity contribution in [3.8, 4) is 0 Å². The van der Waals surface area contributed by atoms with Crippen LogP contribution in [0.4, 0.5) is 5.95 Å². The second kappa shape index (κ2) is 5.52. The fraction of sp³-hybridized carbons (Fsp3) is 0.583. The van der Waals surface area contributed by atoms with Gasteiger partial charge in [0.15, 0.2) is 0 Å². The Hall–Kier alpha value is -1.36. The van der Waals surface area contributed by atoms with Gasteiger partial charge in [-0.1, -0.05) is 18.0 Å². The van der Waals surface area contributed by atoms with Crippen molar-refractivity contribution < 1.29 is 4.79 Å². The number of nitrogens with one attached hydrogen (secondary N) is 1. The van der Waals surface area contributed by atoms with Crippen LogP contribution in [0.1, 0.15) is 31.4 Å². The summed E-state index contributed by atoms with van der Waals surface area (Å²) < 4.78 is 0. The summed E-state index contributed by atoms with van der Waals surface area (Å²) in [6.07, 6.45) is 5.22. The Morgan fingerprint density at radius 1 is 1.56 bits per heavy atom. The zero-order valence-electron chi connectivity index (χ0n) is 10.3. The quantitative estimate of drug-likeness (QED) is 0.877. The van der Waals surface area contributed by atoms with Crippen LogP contribution in [0.25, 0.3) is 0 Å². The minimum absolute atomic E-state index is 0.0374. The lowest BCUT2D eigenvalue weighted by Gasteiger charge is -2.27. The van der Waals surface area contributed by atoms with Crippen molar-refractivity contribution >= 4 is 23.5 Å². The SMILES string of the molecule is Cc1nc(NC2CCCC(C(N)=O)C2)ncc1Cl. The normalized spacial score (nSPS) is 23.7. The maximum Gasteiger partial charge on any atom is 0.223 e. The summed E-state index contributed by atoms with van der Waals surface area (Å²) in [7, 11) is 0. The second-order valence-electron chi connectivity index (χ2n) is 4.73. The second-order valence-corrected chi connectivity index (χ2v) is 5.14. The van der Waals surface area contributed by atoms with E-state index in [1.165, 1.54) is 0 Å². The molecule has 5 nitrogen and oxygen atoms in total. The van der Waals surface area contributed by atoms with Crippen molar-refractivity contribution in [1.82, 2.24) is 9.97 Å². The van der Waals surface area contributed by atoms with E-state index in [1.807, 2.05) is 6.92 Å². The third-order valence-corrected chi connectivity index (χ3v) is 3.70. The molecule has 0 aliphatic heterocycles. The largest absolute Gasteiger partial charge is 0.369 e. The zero-order valence-corrected chi connectivity index (χ0v) is 11.1. The third kappa shape index (κ3) is 3.10. The number of aryl methyl sites for hydroxylation is 1. The number of amides is 1. The van der Waals surface area contributed by atoms with Gasteiger partial charge >= 0.3 is 0 Å². The molecule has 0 bridgehead atoms. The van der Waals surface area contributed by atoms with Gasteiger partial charge in [-0.2, -0.15) is 0 Å². The Bertz CT molecular complexity index is 452. The lowest BCUT2D eigenvalue weighted by Crippen LogP contribution is -2.34. The van der Waals surface area contributed by atoms with Gasteiger partial charge in [-0.3, -0.25) is 4.79 Å². The third-order valence-electron chi connectivity index (χ3n) is 3.33. The summed E-state index contributed by atoms with van der Waals surface area (Å²) in [6.45, 7) is 1.84. The first-order valence-corrected chi connectivity index (χ1v) is 6.49. The molecule has 0 spiro atoms. The molecule has 1 fully saturated rings. The Balaban J connectivity index is 2.00. The van der Waals surface area contributed by atoms with Gasteiger partial charge in [-0.25, -0.2) is 9.97 Å². The number of halogens is 1. The van der Waals surface area contributed by atoms with Crippen LogP contribution in [-0.4, -0.2) is 21.9 Å². The topological polar surface area (TPSA) is 80.9 Å². The first-order valence-electron chi connectivity index (χ1n) is 6.11. The van der Waals surface area contributed by atoms with Gasteiger partial charge < -0.3 is 11.1 Å². The summed E-state index contributed by atoms with van der Waals surface area (Å²) in [5.74, 6) is 0.311. The van der Waals surface area contributed by atoms with Crippen LogP contribution in [0.3, 0.4) is 0 Å². The van der Waals surface area contributed by atoms with Crippen molar-refractivity contribution in [2.75, 3.05) is 5.32 Å². The highest BCUT2D eigenvalue weighted by Gasteiger charge is 2.26. The van der Waals surface area contributed by atoms with Gasteiger partial charge in [-0.05, 0) is 26.2 Å². The number of hydrogen-bond acceptors (Lipinski definition) is 4. The van der Waals surface area contributed by atoms with Gasteiger partial charge in [-0.15, -0.1) is 0 Å². The molecule has 3 N–H and O–H groups in total. The molecule has 1 aromatic rings. The first kappa shape index (κ1) is 13.1. The molecule has 2 unspecified atom stereocenters. The average molecular weight is 269 g/mol. The van der Waals surface area contributed by atoms with E-state index in [-0.39, 0.29) is 17.9 Å². The van der Waals surface area contributed by atoms with Crippen molar-refractivity contribution in [2.24, 2.45) is 11.7 Å². The van der Waals surface area contributed by atoms with Crippen molar-refractivity contribution in [3.63, 3.8) is 0 Å². The Morgan fingerprint density at radius 3 is 3.00 bits per heavy atom. The standard InChI is InChI=1S/C12H17ClN4O/c1-7-10(13)6-15-12(16-7)17-9-4-2-3-8(5-9)11(14)18/h6,8-9H,2-5H2,1H3,(H2,14,18)(H,15,16,17). The van der Waals surface area contributed by atoms with Crippen molar-refractivity contribution in [2.45, 2.75) is 38.6 Å². The molecule has 1 aliphatic carbocycles. The number of aromatic nitrogens is 2. The van der Waals surface area contributed by atoms with E-state index in [1.54, 1.807) is 6.20 Å².